The van der Waals surface area contributed by atoms with Crippen molar-refractivity contribution in [2.24, 2.45) is 0 Å². The lowest BCUT2D eigenvalue weighted by Crippen LogP contribution is -2.42. The number of nitrogens with one attached hydrogen (secondary N) is 2. The zero-order chi connectivity index (χ0) is 21.2. The fourth-order valence-electron chi connectivity index (χ4n) is 3.35. The van der Waals surface area contributed by atoms with Crippen molar-refractivity contribution < 1.29 is 9.26 Å². The van der Waals surface area contributed by atoms with Crippen LogP contribution in [0.3, 0.4) is 0 Å². The third kappa shape index (κ3) is 3.89. The molecular formula is C20H21N9O2. The van der Waals surface area contributed by atoms with Crippen LogP contribution in [0, 0.1) is 6.92 Å². The molecule has 158 valence electrons. The Morgan fingerprint density at radius 3 is 2.77 bits per heavy atom. The number of hydrogen-bond acceptors (Lipinski definition) is 10. The van der Waals surface area contributed by atoms with Gasteiger partial charge < -0.3 is 19.5 Å². The van der Waals surface area contributed by atoms with Crippen molar-refractivity contribution in [2.45, 2.75) is 26.3 Å². The van der Waals surface area contributed by atoms with Crippen molar-refractivity contribution >= 4 is 17.6 Å². The second-order valence-corrected chi connectivity index (χ2v) is 7.07. The lowest BCUT2D eigenvalue weighted by Gasteiger charge is -2.39. The Kier molecular flexibility index (Phi) is 4.90. The second-order valence-electron chi connectivity index (χ2n) is 7.07. The van der Waals surface area contributed by atoms with Crippen molar-refractivity contribution in [2.75, 3.05) is 23.4 Å². The highest BCUT2D eigenvalue weighted by Gasteiger charge is 2.35. The smallest absolute Gasteiger partial charge is 0.231 e. The van der Waals surface area contributed by atoms with Crippen molar-refractivity contribution in [3.05, 3.63) is 48.1 Å². The highest BCUT2D eigenvalue weighted by Crippen LogP contribution is 2.38. The number of aryl methyl sites for hydroxylation is 1. The van der Waals surface area contributed by atoms with Gasteiger partial charge in [-0.2, -0.15) is 15.1 Å². The highest BCUT2D eigenvalue weighted by molar-refractivity contribution is 5.56. The Morgan fingerprint density at radius 2 is 2.06 bits per heavy atom. The van der Waals surface area contributed by atoms with Crippen molar-refractivity contribution in [1.82, 2.24) is 35.3 Å². The van der Waals surface area contributed by atoms with E-state index in [1.807, 2.05) is 26.0 Å². The largest absolute Gasteiger partial charge is 0.478 e. The van der Waals surface area contributed by atoms with Gasteiger partial charge in [0.25, 0.3) is 0 Å². The number of anilines is 3. The zero-order valence-electron chi connectivity index (χ0n) is 17.1. The molecule has 0 saturated carbocycles. The van der Waals surface area contributed by atoms with Crippen molar-refractivity contribution in [3.8, 4) is 17.4 Å². The van der Waals surface area contributed by atoms with Crippen LogP contribution in [0.5, 0.6) is 5.88 Å². The maximum absolute atomic E-state index is 5.65. The quantitative estimate of drug-likeness (QED) is 0.461. The van der Waals surface area contributed by atoms with Gasteiger partial charge in [0, 0.05) is 42.8 Å². The highest BCUT2D eigenvalue weighted by atomic mass is 16.5. The van der Waals surface area contributed by atoms with Gasteiger partial charge in [-0.3, -0.25) is 5.10 Å². The first-order valence-corrected chi connectivity index (χ1v) is 10.0. The number of rotatable bonds is 7. The molecule has 0 radical (unpaired) electrons. The number of hydrogen-bond donors (Lipinski definition) is 2. The molecule has 1 atom stereocenters. The van der Waals surface area contributed by atoms with Gasteiger partial charge in [-0.15, -0.1) is 0 Å². The van der Waals surface area contributed by atoms with Crippen LogP contribution in [0.15, 0.2) is 41.2 Å². The third-order valence-corrected chi connectivity index (χ3v) is 4.87. The average Bonchev–Trinajstić information content (AvgIpc) is 3.37. The maximum atomic E-state index is 5.65. The molecule has 4 aromatic rings. The summed E-state index contributed by atoms with van der Waals surface area (Å²) in [5.74, 6) is 3.55. The van der Waals surface area contributed by atoms with Gasteiger partial charge in [-0.1, -0.05) is 5.16 Å². The van der Waals surface area contributed by atoms with Gasteiger partial charge >= 0.3 is 0 Å². The van der Waals surface area contributed by atoms with Crippen LogP contribution < -0.4 is 15.0 Å². The molecule has 1 unspecified atom stereocenters. The number of H-pyrrole nitrogens is 1. The zero-order valence-corrected chi connectivity index (χ0v) is 17.1. The lowest BCUT2D eigenvalue weighted by molar-refractivity contribution is 0.309. The standard InChI is InChI=1S/C20H21N9O2/c1-3-30-18-11-16(23-17-9-12(2)26-27-17)24-20(25-18)29-8-5-14(29)15-10-13(28-31-15)19-21-6-4-7-22-19/h4,6-7,9-11,14H,3,5,8H2,1-2H3,(H2,23,24,25,26,27). The van der Waals surface area contributed by atoms with Crippen LogP contribution in [0.2, 0.25) is 0 Å². The molecule has 1 aliphatic heterocycles. The van der Waals surface area contributed by atoms with E-state index in [2.05, 4.69) is 45.5 Å². The Bertz CT molecular complexity index is 1170. The van der Waals surface area contributed by atoms with E-state index in [1.165, 1.54) is 0 Å². The van der Waals surface area contributed by atoms with Crippen LogP contribution >= 0.6 is 0 Å². The Hall–Kier alpha value is -4.02. The molecular weight excluding hydrogens is 398 g/mol. The number of nitrogens with zero attached hydrogens (tertiary/aromatic N) is 7. The van der Waals surface area contributed by atoms with E-state index in [9.17, 15) is 0 Å². The summed E-state index contributed by atoms with van der Waals surface area (Å²) >= 11 is 0. The molecule has 1 aliphatic rings. The summed E-state index contributed by atoms with van der Waals surface area (Å²) in [6.07, 6.45) is 4.25. The van der Waals surface area contributed by atoms with Gasteiger partial charge in [-0.25, -0.2) is 9.97 Å². The van der Waals surface area contributed by atoms with Gasteiger partial charge in [-0.05, 0) is 26.3 Å². The molecule has 1 saturated heterocycles. The minimum atomic E-state index is -0.0256. The van der Waals surface area contributed by atoms with Crippen LogP contribution in [0.1, 0.15) is 30.8 Å². The Morgan fingerprint density at radius 1 is 1.19 bits per heavy atom. The van der Waals surface area contributed by atoms with E-state index >= 15 is 0 Å². The Balaban J connectivity index is 1.40. The van der Waals surface area contributed by atoms with Crippen molar-refractivity contribution in [3.63, 3.8) is 0 Å². The summed E-state index contributed by atoms with van der Waals surface area (Å²) in [6.45, 7) is 5.15. The fraction of sp³-hybridized carbons (Fsp3) is 0.300. The molecule has 0 aliphatic carbocycles. The molecule has 11 nitrogen and oxygen atoms in total. The van der Waals surface area contributed by atoms with E-state index in [-0.39, 0.29) is 6.04 Å². The number of aromatic amines is 1. The van der Waals surface area contributed by atoms with Crippen LogP contribution in [0.25, 0.3) is 11.5 Å². The SMILES string of the molecule is CCOc1cc(Nc2cc(C)[nH]n2)nc(N2CCC2c2cc(-c3ncccn3)no2)n1. The Labute approximate surface area is 177 Å². The molecule has 2 N–H and O–H groups in total. The van der Waals surface area contributed by atoms with E-state index in [0.29, 0.717) is 41.6 Å². The summed E-state index contributed by atoms with van der Waals surface area (Å²) in [5, 5.41) is 14.4. The van der Waals surface area contributed by atoms with Gasteiger partial charge in [0.1, 0.15) is 5.82 Å². The third-order valence-electron chi connectivity index (χ3n) is 4.87. The van der Waals surface area contributed by atoms with Crippen molar-refractivity contribution in [1.29, 1.82) is 0 Å². The summed E-state index contributed by atoms with van der Waals surface area (Å²) in [4.78, 5) is 19.7. The summed E-state index contributed by atoms with van der Waals surface area (Å²) in [6, 6.07) is 7.25. The molecule has 11 heteroatoms. The monoisotopic (exact) mass is 419 g/mol. The summed E-state index contributed by atoms with van der Waals surface area (Å²) in [5.41, 5.74) is 1.55. The molecule has 0 bridgehead atoms. The van der Waals surface area contributed by atoms with Gasteiger partial charge in [0.2, 0.25) is 11.8 Å². The minimum Gasteiger partial charge on any atom is -0.478 e. The van der Waals surface area contributed by atoms with Crippen LogP contribution in [0.4, 0.5) is 17.6 Å². The normalized spacial score (nSPS) is 15.5. The topological polar surface area (TPSA) is 131 Å². The first kappa shape index (κ1) is 19.0. The molecule has 1 fully saturated rings. The predicted octanol–water partition coefficient (Wildman–Crippen LogP) is 3.05. The molecule has 0 spiro atoms. The van der Waals surface area contributed by atoms with Crippen LogP contribution in [-0.2, 0) is 0 Å². The van der Waals surface area contributed by atoms with E-state index < -0.39 is 0 Å². The summed E-state index contributed by atoms with van der Waals surface area (Å²) < 4.78 is 11.2. The average molecular weight is 419 g/mol. The first-order chi connectivity index (χ1) is 15.2. The van der Waals surface area contributed by atoms with Gasteiger partial charge in [0.05, 0.1) is 12.6 Å². The second kappa shape index (κ2) is 8.01. The molecule has 0 aromatic carbocycles. The molecule has 5 heterocycles. The van der Waals surface area contributed by atoms with Crippen LogP contribution in [-0.4, -0.2) is 48.4 Å². The van der Waals surface area contributed by atoms with E-state index in [1.54, 1.807) is 24.5 Å². The molecule has 0 amide bonds. The molecule has 4 aromatic heterocycles. The predicted molar refractivity (Wildman–Crippen MR) is 112 cm³/mol. The first-order valence-electron chi connectivity index (χ1n) is 10.0. The van der Waals surface area contributed by atoms with Gasteiger partial charge in [0.15, 0.2) is 23.1 Å². The minimum absolute atomic E-state index is 0.0256. The lowest BCUT2D eigenvalue weighted by atomic mass is 10.0. The number of aromatic nitrogens is 7. The maximum Gasteiger partial charge on any atom is 0.231 e. The molecule has 31 heavy (non-hydrogen) atoms. The fourth-order valence-corrected chi connectivity index (χ4v) is 3.35. The summed E-state index contributed by atoms with van der Waals surface area (Å²) in [7, 11) is 0. The molecule has 5 rings (SSSR count). The van der Waals surface area contributed by atoms with E-state index in [0.717, 1.165) is 24.4 Å². The number of ether oxygens (including phenoxy) is 1. The van der Waals surface area contributed by atoms with E-state index in [4.69, 9.17) is 9.26 Å².